The van der Waals surface area contributed by atoms with Crippen LogP contribution < -0.4 is 5.32 Å². The number of nitrogens with zero attached hydrogens (tertiary/aromatic N) is 1. The van der Waals surface area contributed by atoms with Crippen molar-refractivity contribution in [2.45, 2.75) is 53.1 Å². The molecule has 1 N–H and O–H groups in total. The van der Waals surface area contributed by atoms with Crippen LogP contribution in [-0.4, -0.2) is 11.0 Å². The van der Waals surface area contributed by atoms with Gasteiger partial charge in [-0.2, -0.15) is 0 Å². The van der Waals surface area contributed by atoms with E-state index in [1.165, 1.54) is 4.88 Å². The van der Waals surface area contributed by atoms with Crippen LogP contribution in [-0.2, 0) is 13.0 Å². The number of halogens is 1. The summed E-state index contributed by atoms with van der Waals surface area (Å²) in [4.78, 5) is 6.00. The lowest BCUT2D eigenvalue weighted by molar-refractivity contribution is 0.589. The van der Waals surface area contributed by atoms with Crippen LogP contribution in [0.25, 0.3) is 10.6 Å². The number of benzene rings is 1. The molecular weight excluding hydrogens is 283 g/mol. The van der Waals surface area contributed by atoms with E-state index in [1.807, 2.05) is 12.1 Å². The third kappa shape index (κ3) is 4.11. The summed E-state index contributed by atoms with van der Waals surface area (Å²) in [6.07, 6.45) is 2.04. The zero-order valence-electron chi connectivity index (χ0n) is 13.2. The molecule has 0 saturated heterocycles. The highest BCUT2D eigenvalue weighted by atomic mass is 32.1. The first-order valence-corrected chi connectivity index (χ1v) is 8.31. The Balaban J connectivity index is 2.31. The van der Waals surface area contributed by atoms with Crippen molar-refractivity contribution >= 4 is 11.3 Å². The van der Waals surface area contributed by atoms with Crippen LogP contribution in [0.2, 0.25) is 0 Å². The number of thiazole rings is 1. The van der Waals surface area contributed by atoms with E-state index in [9.17, 15) is 4.39 Å². The van der Waals surface area contributed by atoms with Gasteiger partial charge >= 0.3 is 0 Å². The average molecular weight is 306 g/mol. The predicted octanol–water partition coefficient (Wildman–Crippen LogP) is 4.71. The maximum atomic E-state index is 13.7. The minimum atomic E-state index is -0.165. The van der Waals surface area contributed by atoms with Gasteiger partial charge in [-0.15, -0.1) is 11.3 Å². The van der Waals surface area contributed by atoms with E-state index in [0.717, 1.165) is 35.7 Å². The molecule has 21 heavy (non-hydrogen) atoms. The molecule has 2 aromatic rings. The maximum Gasteiger partial charge on any atom is 0.126 e. The highest BCUT2D eigenvalue weighted by molar-refractivity contribution is 7.15. The van der Waals surface area contributed by atoms with E-state index in [-0.39, 0.29) is 5.82 Å². The SMILES string of the molecule is CCCc1nc(-c2ccc(C)c(F)c2)sc1CNC(C)C. The standard InChI is InChI=1S/C17H23FN2S/c1-5-6-15-16(10-19-11(2)3)21-17(20-15)13-8-7-12(4)14(18)9-13/h7-9,11,19H,5-6,10H2,1-4H3. The molecule has 0 radical (unpaired) electrons. The molecule has 0 spiro atoms. The summed E-state index contributed by atoms with van der Waals surface area (Å²) in [5.74, 6) is -0.165. The van der Waals surface area contributed by atoms with Gasteiger partial charge in [0.05, 0.1) is 5.69 Å². The van der Waals surface area contributed by atoms with Gasteiger partial charge in [0, 0.05) is 23.0 Å². The Morgan fingerprint density at radius 2 is 2.10 bits per heavy atom. The Morgan fingerprint density at radius 3 is 2.71 bits per heavy atom. The highest BCUT2D eigenvalue weighted by Crippen LogP contribution is 2.30. The van der Waals surface area contributed by atoms with Crippen molar-refractivity contribution in [3.63, 3.8) is 0 Å². The van der Waals surface area contributed by atoms with Crippen LogP contribution in [0.15, 0.2) is 18.2 Å². The van der Waals surface area contributed by atoms with Crippen molar-refractivity contribution in [1.29, 1.82) is 0 Å². The first-order valence-electron chi connectivity index (χ1n) is 7.49. The third-order valence-electron chi connectivity index (χ3n) is 3.35. The number of rotatable bonds is 6. The molecule has 2 rings (SSSR count). The summed E-state index contributed by atoms with van der Waals surface area (Å²) < 4.78 is 13.7. The lowest BCUT2D eigenvalue weighted by Gasteiger charge is -2.07. The van der Waals surface area contributed by atoms with Crippen LogP contribution in [0.3, 0.4) is 0 Å². The molecule has 2 nitrogen and oxygen atoms in total. The first kappa shape index (κ1) is 16.1. The monoisotopic (exact) mass is 306 g/mol. The number of aryl methyl sites for hydroxylation is 2. The summed E-state index contributed by atoms with van der Waals surface area (Å²) in [6.45, 7) is 9.04. The normalized spacial score (nSPS) is 11.3. The minimum Gasteiger partial charge on any atom is -0.310 e. The minimum absolute atomic E-state index is 0.165. The molecule has 0 atom stereocenters. The Kier molecular flexibility index (Phi) is 5.48. The molecule has 0 unspecified atom stereocenters. The number of hydrogen-bond acceptors (Lipinski definition) is 3. The Morgan fingerprint density at radius 1 is 1.33 bits per heavy atom. The van der Waals surface area contributed by atoms with E-state index < -0.39 is 0 Å². The number of hydrogen-bond donors (Lipinski definition) is 1. The Bertz CT molecular complexity index is 605. The largest absolute Gasteiger partial charge is 0.310 e. The van der Waals surface area contributed by atoms with Gasteiger partial charge in [0.15, 0.2) is 0 Å². The van der Waals surface area contributed by atoms with Crippen LogP contribution in [0.5, 0.6) is 0 Å². The summed E-state index contributed by atoms with van der Waals surface area (Å²) in [5.41, 5.74) is 2.69. The molecule has 1 heterocycles. The van der Waals surface area contributed by atoms with Crippen molar-refractivity contribution in [2.75, 3.05) is 0 Å². The average Bonchev–Trinajstić information content (AvgIpc) is 2.83. The Labute approximate surface area is 130 Å². The molecule has 0 bridgehead atoms. The van der Waals surface area contributed by atoms with Gasteiger partial charge in [-0.3, -0.25) is 0 Å². The van der Waals surface area contributed by atoms with E-state index in [2.05, 4.69) is 26.1 Å². The molecule has 1 aromatic heterocycles. The van der Waals surface area contributed by atoms with Crippen molar-refractivity contribution in [3.8, 4) is 10.6 Å². The fraction of sp³-hybridized carbons (Fsp3) is 0.471. The molecule has 0 amide bonds. The van der Waals surface area contributed by atoms with E-state index in [4.69, 9.17) is 4.98 Å². The quantitative estimate of drug-likeness (QED) is 0.836. The summed E-state index contributed by atoms with van der Waals surface area (Å²) in [6, 6.07) is 5.80. The van der Waals surface area contributed by atoms with Gasteiger partial charge in [0.1, 0.15) is 10.8 Å². The second-order valence-electron chi connectivity index (χ2n) is 5.64. The first-order chi connectivity index (χ1) is 10.0. The smallest absolute Gasteiger partial charge is 0.126 e. The van der Waals surface area contributed by atoms with Crippen LogP contribution in [0.4, 0.5) is 4.39 Å². The van der Waals surface area contributed by atoms with Crippen molar-refractivity contribution in [1.82, 2.24) is 10.3 Å². The van der Waals surface area contributed by atoms with E-state index >= 15 is 0 Å². The molecule has 0 aliphatic heterocycles. The van der Waals surface area contributed by atoms with Crippen molar-refractivity contribution in [2.24, 2.45) is 0 Å². The third-order valence-corrected chi connectivity index (χ3v) is 4.50. The second kappa shape index (κ2) is 7.14. The molecule has 4 heteroatoms. The van der Waals surface area contributed by atoms with Crippen LogP contribution in [0.1, 0.15) is 43.3 Å². The topological polar surface area (TPSA) is 24.9 Å². The van der Waals surface area contributed by atoms with E-state index in [1.54, 1.807) is 24.3 Å². The van der Waals surface area contributed by atoms with Gasteiger partial charge < -0.3 is 5.32 Å². The van der Waals surface area contributed by atoms with Crippen LogP contribution in [0, 0.1) is 12.7 Å². The summed E-state index contributed by atoms with van der Waals surface area (Å²) in [5, 5.41) is 4.36. The molecule has 0 aliphatic rings. The molecule has 114 valence electrons. The Hall–Kier alpha value is -1.26. The summed E-state index contributed by atoms with van der Waals surface area (Å²) >= 11 is 1.67. The molecular formula is C17H23FN2S. The fourth-order valence-corrected chi connectivity index (χ4v) is 3.15. The van der Waals surface area contributed by atoms with E-state index in [0.29, 0.717) is 11.6 Å². The molecule has 0 fully saturated rings. The van der Waals surface area contributed by atoms with Gasteiger partial charge in [-0.05, 0) is 25.0 Å². The molecule has 0 aliphatic carbocycles. The lowest BCUT2D eigenvalue weighted by Crippen LogP contribution is -2.21. The molecule has 1 aromatic carbocycles. The van der Waals surface area contributed by atoms with Gasteiger partial charge in [-0.1, -0.05) is 39.3 Å². The molecule has 0 saturated carbocycles. The van der Waals surface area contributed by atoms with Crippen molar-refractivity contribution in [3.05, 3.63) is 40.2 Å². The predicted molar refractivity (Wildman–Crippen MR) is 88.2 cm³/mol. The second-order valence-corrected chi connectivity index (χ2v) is 6.72. The fourth-order valence-electron chi connectivity index (χ4n) is 2.10. The number of nitrogens with one attached hydrogen (secondary N) is 1. The van der Waals surface area contributed by atoms with Gasteiger partial charge in [-0.25, -0.2) is 9.37 Å². The van der Waals surface area contributed by atoms with Gasteiger partial charge in [0.2, 0.25) is 0 Å². The zero-order valence-corrected chi connectivity index (χ0v) is 14.0. The number of aromatic nitrogens is 1. The zero-order chi connectivity index (χ0) is 15.4. The lowest BCUT2D eigenvalue weighted by atomic mass is 10.1. The highest BCUT2D eigenvalue weighted by Gasteiger charge is 2.13. The summed E-state index contributed by atoms with van der Waals surface area (Å²) in [7, 11) is 0. The van der Waals surface area contributed by atoms with Gasteiger partial charge in [0.25, 0.3) is 0 Å². The van der Waals surface area contributed by atoms with Crippen LogP contribution >= 0.6 is 11.3 Å². The van der Waals surface area contributed by atoms with Crippen molar-refractivity contribution < 1.29 is 4.39 Å². The maximum absolute atomic E-state index is 13.7.